The molecule has 1 aromatic rings. The van der Waals surface area contributed by atoms with Crippen LogP contribution < -0.4 is 10.2 Å². The molecule has 2 heterocycles. The van der Waals surface area contributed by atoms with E-state index in [0.29, 0.717) is 0 Å². The molecule has 92 valence electrons. The Bertz CT molecular complexity index is 393. The Labute approximate surface area is 101 Å². The first-order valence-corrected chi connectivity index (χ1v) is 5.80. The summed E-state index contributed by atoms with van der Waals surface area (Å²) in [6, 6.07) is 2.01. The minimum Gasteiger partial charge on any atom is -0.349 e. The molecule has 0 aromatic carbocycles. The normalized spacial score (nSPS) is 16.5. The van der Waals surface area contributed by atoms with E-state index in [9.17, 15) is 4.79 Å². The number of carbonyl (C=O) groups is 1. The molecule has 0 atom stereocenters. The molecule has 1 fully saturated rings. The number of aromatic nitrogens is 2. The molecule has 0 bridgehead atoms. The molecule has 0 saturated carbocycles. The van der Waals surface area contributed by atoms with Gasteiger partial charge in [0.25, 0.3) is 0 Å². The first-order chi connectivity index (χ1) is 7.97. The second kappa shape index (κ2) is 4.31. The Morgan fingerprint density at radius 3 is 2.47 bits per heavy atom. The zero-order valence-corrected chi connectivity index (χ0v) is 10.5. The molecule has 0 spiro atoms. The lowest BCUT2D eigenvalue weighted by molar-refractivity contribution is -0.129. The van der Waals surface area contributed by atoms with Gasteiger partial charge >= 0.3 is 0 Å². The Morgan fingerprint density at radius 1 is 1.35 bits per heavy atom. The van der Waals surface area contributed by atoms with Gasteiger partial charge in [-0.15, -0.1) is 0 Å². The van der Waals surface area contributed by atoms with Crippen molar-refractivity contribution in [3.8, 4) is 0 Å². The Kier molecular flexibility index (Phi) is 3.00. The molecule has 1 aromatic heterocycles. The van der Waals surface area contributed by atoms with Gasteiger partial charge in [0, 0.05) is 30.9 Å². The monoisotopic (exact) mass is 234 g/mol. The summed E-state index contributed by atoms with van der Waals surface area (Å²) in [7, 11) is 0. The third-order valence-electron chi connectivity index (χ3n) is 2.73. The number of nitrogens with zero attached hydrogens (tertiary/aromatic N) is 3. The fourth-order valence-corrected chi connectivity index (χ4v) is 1.59. The van der Waals surface area contributed by atoms with Crippen LogP contribution in [0.4, 0.5) is 5.95 Å². The van der Waals surface area contributed by atoms with Crippen molar-refractivity contribution in [1.29, 1.82) is 0 Å². The van der Waals surface area contributed by atoms with Crippen molar-refractivity contribution >= 4 is 11.9 Å². The highest BCUT2D eigenvalue weighted by Gasteiger charge is 2.32. The van der Waals surface area contributed by atoms with E-state index in [-0.39, 0.29) is 17.4 Å². The van der Waals surface area contributed by atoms with Crippen molar-refractivity contribution < 1.29 is 4.79 Å². The van der Waals surface area contributed by atoms with E-state index in [1.807, 2.05) is 25.7 Å². The summed E-state index contributed by atoms with van der Waals surface area (Å²) in [6.07, 6.45) is 3.45. The van der Waals surface area contributed by atoms with Crippen LogP contribution >= 0.6 is 0 Å². The van der Waals surface area contributed by atoms with E-state index >= 15 is 0 Å². The van der Waals surface area contributed by atoms with Crippen LogP contribution in [0.5, 0.6) is 0 Å². The lowest BCUT2D eigenvalue weighted by Gasteiger charge is -2.40. The summed E-state index contributed by atoms with van der Waals surface area (Å²) in [5.74, 6) is 0.824. The van der Waals surface area contributed by atoms with Crippen LogP contribution in [0.15, 0.2) is 18.5 Å². The van der Waals surface area contributed by atoms with E-state index in [0.717, 1.165) is 19.0 Å². The third-order valence-corrected chi connectivity index (χ3v) is 2.73. The van der Waals surface area contributed by atoms with Crippen molar-refractivity contribution in [3.63, 3.8) is 0 Å². The number of rotatable bonds is 2. The second-order valence-corrected chi connectivity index (χ2v) is 5.37. The topological polar surface area (TPSA) is 58.1 Å². The highest BCUT2D eigenvalue weighted by molar-refractivity contribution is 5.81. The van der Waals surface area contributed by atoms with E-state index in [1.54, 1.807) is 18.5 Å². The molecule has 1 amide bonds. The van der Waals surface area contributed by atoms with E-state index in [2.05, 4.69) is 15.3 Å². The van der Waals surface area contributed by atoms with Gasteiger partial charge in [0.05, 0.1) is 6.04 Å². The van der Waals surface area contributed by atoms with Gasteiger partial charge in [0.2, 0.25) is 11.9 Å². The Morgan fingerprint density at radius 2 is 1.94 bits per heavy atom. The van der Waals surface area contributed by atoms with Gasteiger partial charge in [0.15, 0.2) is 0 Å². The van der Waals surface area contributed by atoms with Gasteiger partial charge in [-0.3, -0.25) is 4.79 Å². The summed E-state index contributed by atoms with van der Waals surface area (Å²) < 4.78 is 0. The first kappa shape index (κ1) is 11.8. The summed E-state index contributed by atoms with van der Waals surface area (Å²) in [5.41, 5.74) is -0.330. The van der Waals surface area contributed by atoms with Crippen LogP contribution in [0.3, 0.4) is 0 Å². The maximum Gasteiger partial charge on any atom is 0.225 e. The molecule has 17 heavy (non-hydrogen) atoms. The molecule has 1 N–H and O–H groups in total. The lowest BCUT2D eigenvalue weighted by Crippen LogP contribution is -2.61. The average molecular weight is 234 g/mol. The number of hydrogen-bond acceptors (Lipinski definition) is 4. The van der Waals surface area contributed by atoms with Gasteiger partial charge < -0.3 is 10.2 Å². The first-order valence-electron chi connectivity index (χ1n) is 5.80. The van der Waals surface area contributed by atoms with Crippen LogP contribution in [0.2, 0.25) is 0 Å². The summed E-state index contributed by atoms with van der Waals surface area (Å²) in [4.78, 5) is 22.1. The molecular weight excluding hydrogens is 216 g/mol. The summed E-state index contributed by atoms with van der Waals surface area (Å²) in [6.45, 7) is 7.31. The van der Waals surface area contributed by atoms with Crippen molar-refractivity contribution in [2.75, 3.05) is 18.0 Å². The number of amides is 1. The average Bonchev–Trinajstić information content (AvgIpc) is 2.22. The summed E-state index contributed by atoms with van der Waals surface area (Å²) >= 11 is 0. The zero-order valence-electron chi connectivity index (χ0n) is 10.5. The van der Waals surface area contributed by atoms with Crippen LogP contribution in [-0.4, -0.2) is 35.0 Å². The standard InChI is InChI=1S/C12H18N4O/c1-12(2,3)10(17)15-9-7-16(8-9)11-13-5-4-6-14-11/h4-6,9H,7-8H2,1-3H3,(H,15,17). The van der Waals surface area contributed by atoms with E-state index < -0.39 is 0 Å². The third kappa shape index (κ3) is 2.72. The highest BCUT2D eigenvalue weighted by Crippen LogP contribution is 2.18. The maximum absolute atomic E-state index is 11.8. The lowest BCUT2D eigenvalue weighted by atomic mass is 9.94. The van der Waals surface area contributed by atoms with Crippen LogP contribution in [0.1, 0.15) is 20.8 Å². The van der Waals surface area contributed by atoms with Crippen molar-refractivity contribution in [1.82, 2.24) is 15.3 Å². The van der Waals surface area contributed by atoms with Crippen molar-refractivity contribution in [2.45, 2.75) is 26.8 Å². The van der Waals surface area contributed by atoms with Crippen molar-refractivity contribution in [3.05, 3.63) is 18.5 Å². The van der Waals surface area contributed by atoms with Gasteiger partial charge in [0.1, 0.15) is 0 Å². The Hall–Kier alpha value is -1.65. The molecule has 0 aliphatic carbocycles. The smallest absolute Gasteiger partial charge is 0.225 e. The van der Waals surface area contributed by atoms with Gasteiger partial charge in [-0.25, -0.2) is 9.97 Å². The highest BCUT2D eigenvalue weighted by atomic mass is 16.2. The molecule has 2 rings (SSSR count). The molecule has 1 saturated heterocycles. The molecule has 0 radical (unpaired) electrons. The fraction of sp³-hybridized carbons (Fsp3) is 0.583. The van der Waals surface area contributed by atoms with Gasteiger partial charge in [-0.2, -0.15) is 0 Å². The number of nitrogens with one attached hydrogen (secondary N) is 1. The zero-order chi connectivity index (χ0) is 12.5. The van der Waals surface area contributed by atoms with Crippen LogP contribution in [0, 0.1) is 5.41 Å². The van der Waals surface area contributed by atoms with E-state index in [4.69, 9.17) is 0 Å². The largest absolute Gasteiger partial charge is 0.349 e. The number of anilines is 1. The predicted molar refractivity (Wildman–Crippen MR) is 65.6 cm³/mol. The van der Waals surface area contributed by atoms with E-state index in [1.165, 1.54) is 0 Å². The van der Waals surface area contributed by atoms with Crippen molar-refractivity contribution in [2.24, 2.45) is 5.41 Å². The number of carbonyl (C=O) groups excluding carboxylic acids is 1. The molecule has 5 heteroatoms. The quantitative estimate of drug-likeness (QED) is 0.823. The Balaban J connectivity index is 1.82. The van der Waals surface area contributed by atoms with Crippen LogP contribution in [-0.2, 0) is 4.79 Å². The van der Waals surface area contributed by atoms with Gasteiger partial charge in [-0.1, -0.05) is 20.8 Å². The molecule has 5 nitrogen and oxygen atoms in total. The molecule has 1 aliphatic rings. The molecular formula is C12H18N4O. The minimum atomic E-state index is -0.330. The molecule has 0 unspecified atom stereocenters. The maximum atomic E-state index is 11.8. The second-order valence-electron chi connectivity index (χ2n) is 5.37. The SMILES string of the molecule is CC(C)(C)C(=O)NC1CN(c2ncccn2)C1. The fourth-order valence-electron chi connectivity index (χ4n) is 1.59. The summed E-state index contributed by atoms with van der Waals surface area (Å²) in [5, 5.41) is 3.02. The molecule has 1 aliphatic heterocycles. The predicted octanol–water partition coefficient (Wildman–Crippen LogP) is 0.827. The minimum absolute atomic E-state index is 0.0936. The number of hydrogen-bond donors (Lipinski definition) is 1. The van der Waals surface area contributed by atoms with Crippen LogP contribution in [0.25, 0.3) is 0 Å². The van der Waals surface area contributed by atoms with Gasteiger partial charge in [-0.05, 0) is 6.07 Å².